The van der Waals surface area contributed by atoms with Gasteiger partial charge in [-0.3, -0.25) is 9.69 Å². The molecule has 2 aromatic rings. The van der Waals surface area contributed by atoms with Gasteiger partial charge in [0.15, 0.2) is 11.5 Å². The summed E-state index contributed by atoms with van der Waals surface area (Å²) in [5.74, 6) is 0.465. The molecular formula is C20H23N3O4S. The van der Waals surface area contributed by atoms with Crippen LogP contribution >= 0.6 is 11.3 Å². The molecule has 1 saturated heterocycles. The van der Waals surface area contributed by atoms with Gasteiger partial charge in [-0.05, 0) is 29.6 Å². The lowest BCUT2D eigenvalue weighted by Crippen LogP contribution is -2.43. The van der Waals surface area contributed by atoms with Gasteiger partial charge >= 0.3 is 0 Å². The minimum Gasteiger partial charge on any atom is -0.504 e. The van der Waals surface area contributed by atoms with E-state index in [-0.39, 0.29) is 17.7 Å². The van der Waals surface area contributed by atoms with Crippen LogP contribution < -0.4 is 4.74 Å². The molecule has 3 heterocycles. The van der Waals surface area contributed by atoms with Crippen molar-refractivity contribution in [1.82, 2.24) is 9.91 Å². The van der Waals surface area contributed by atoms with Crippen molar-refractivity contribution in [2.45, 2.75) is 12.5 Å². The molecule has 1 aromatic carbocycles. The molecule has 28 heavy (non-hydrogen) atoms. The number of hydrogen-bond acceptors (Lipinski definition) is 7. The Bertz CT molecular complexity index is 862. The summed E-state index contributed by atoms with van der Waals surface area (Å²) < 4.78 is 10.6. The van der Waals surface area contributed by atoms with Gasteiger partial charge in [0.25, 0.3) is 5.91 Å². The summed E-state index contributed by atoms with van der Waals surface area (Å²) in [6.45, 7) is 3.16. The summed E-state index contributed by atoms with van der Waals surface area (Å²) in [6.07, 6.45) is 0.628. The fourth-order valence-corrected chi connectivity index (χ4v) is 4.31. The number of carbonyl (C=O) groups is 1. The Morgan fingerprint density at radius 3 is 2.89 bits per heavy atom. The molecule has 4 rings (SSSR count). The molecule has 1 fully saturated rings. The number of hydrogen-bond donors (Lipinski definition) is 1. The minimum absolute atomic E-state index is 0.0129. The Balaban J connectivity index is 1.59. The monoisotopic (exact) mass is 401 g/mol. The van der Waals surface area contributed by atoms with Gasteiger partial charge in [0.2, 0.25) is 0 Å². The van der Waals surface area contributed by atoms with Crippen molar-refractivity contribution in [2.24, 2.45) is 5.10 Å². The summed E-state index contributed by atoms with van der Waals surface area (Å²) in [7, 11) is 1.52. The second-order valence-electron chi connectivity index (χ2n) is 6.80. The molecule has 1 amide bonds. The van der Waals surface area contributed by atoms with Crippen molar-refractivity contribution in [3.8, 4) is 11.5 Å². The van der Waals surface area contributed by atoms with E-state index in [1.807, 2.05) is 17.5 Å². The van der Waals surface area contributed by atoms with Gasteiger partial charge in [0.05, 0.1) is 38.6 Å². The van der Waals surface area contributed by atoms with Crippen molar-refractivity contribution in [3.05, 3.63) is 46.2 Å². The number of carbonyl (C=O) groups excluding carboxylic acids is 1. The molecular weight excluding hydrogens is 378 g/mol. The Morgan fingerprint density at radius 2 is 2.18 bits per heavy atom. The van der Waals surface area contributed by atoms with Crippen LogP contribution in [0.4, 0.5) is 0 Å². The third-order valence-corrected chi connectivity index (χ3v) is 5.99. The number of hydrazone groups is 1. The highest BCUT2D eigenvalue weighted by Gasteiger charge is 2.34. The average Bonchev–Trinajstić information content (AvgIpc) is 3.39. The van der Waals surface area contributed by atoms with E-state index in [0.717, 1.165) is 29.2 Å². The molecule has 1 N–H and O–H groups in total. The van der Waals surface area contributed by atoms with Crippen molar-refractivity contribution < 1.29 is 19.4 Å². The molecule has 0 bridgehead atoms. The second-order valence-corrected chi connectivity index (χ2v) is 7.77. The number of morpholine rings is 1. The van der Waals surface area contributed by atoms with Gasteiger partial charge in [-0.2, -0.15) is 5.10 Å². The lowest BCUT2D eigenvalue weighted by molar-refractivity contribution is -0.135. The average molecular weight is 401 g/mol. The Kier molecular flexibility index (Phi) is 5.61. The zero-order valence-corrected chi connectivity index (χ0v) is 16.5. The lowest BCUT2D eigenvalue weighted by atomic mass is 10.0. The molecule has 0 aliphatic carbocycles. The number of phenolic OH excluding ortho intramolecular Hbond substituents is 1. The highest BCUT2D eigenvalue weighted by atomic mass is 32.1. The van der Waals surface area contributed by atoms with Crippen molar-refractivity contribution >= 4 is 23.0 Å². The maximum atomic E-state index is 13.0. The van der Waals surface area contributed by atoms with Crippen LogP contribution in [0.3, 0.4) is 0 Å². The van der Waals surface area contributed by atoms with E-state index in [1.165, 1.54) is 7.11 Å². The third kappa shape index (κ3) is 3.89. The molecule has 2 aliphatic heterocycles. The van der Waals surface area contributed by atoms with Gasteiger partial charge < -0.3 is 14.6 Å². The van der Waals surface area contributed by atoms with Crippen LogP contribution in [0.25, 0.3) is 0 Å². The smallest absolute Gasteiger partial charge is 0.257 e. The summed E-state index contributed by atoms with van der Waals surface area (Å²) in [5, 5.41) is 18.2. The van der Waals surface area contributed by atoms with Gasteiger partial charge in [0.1, 0.15) is 0 Å². The number of methoxy groups -OCH3 is 1. The van der Waals surface area contributed by atoms with Gasteiger partial charge in [-0.15, -0.1) is 11.3 Å². The Morgan fingerprint density at radius 1 is 1.36 bits per heavy atom. The van der Waals surface area contributed by atoms with Crippen LogP contribution in [-0.2, 0) is 9.53 Å². The van der Waals surface area contributed by atoms with Crippen molar-refractivity contribution in [2.75, 3.05) is 40.0 Å². The number of amides is 1. The van der Waals surface area contributed by atoms with E-state index in [1.54, 1.807) is 34.5 Å². The predicted octanol–water partition coefficient (Wildman–Crippen LogP) is 2.47. The summed E-state index contributed by atoms with van der Waals surface area (Å²) >= 11 is 1.63. The number of nitrogens with zero attached hydrogens (tertiary/aromatic N) is 3. The number of ether oxygens (including phenoxy) is 2. The maximum absolute atomic E-state index is 13.0. The van der Waals surface area contributed by atoms with E-state index in [9.17, 15) is 9.90 Å². The maximum Gasteiger partial charge on any atom is 0.257 e. The molecule has 8 heteroatoms. The largest absolute Gasteiger partial charge is 0.504 e. The quantitative estimate of drug-likeness (QED) is 0.833. The van der Waals surface area contributed by atoms with Crippen LogP contribution in [0.2, 0.25) is 0 Å². The van der Waals surface area contributed by atoms with Gasteiger partial charge in [0, 0.05) is 30.0 Å². The first-order valence-electron chi connectivity index (χ1n) is 9.26. The lowest BCUT2D eigenvalue weighted by Gasteiger charge is -2.28. The molecule has 0 spiro atoms. The molecule has 0 radical (unpaired) electrons. The zero-order valence-electron chi connectivity index (χ0n) is 15.7. The number of thiophene rings is 1. The minimum atomic E-state index is -0.108. The van der Waals surface area contributed by atoms with E-state index in [0.29, 0.717) is 31.9 Å². The van der Waals surface area contributed by atoms with Crippen LogP contribution in [0.5, 0.6) is 11.5 Å². The van der Waals surface area contributed by atoms with E-state index in [2.05, 4.69) is 10.0 Å². The fraction of sp³-hybridized carbons (Fsp3) is 0.400. The molecule has 0 saturated carbocycles. The highest BCUT2D eigenvalue weighted by Crippen LogP contribution is 2.36. The molecule has 1 atom stereocenters. The van der Waals surface area contributed by atoms with Crippen molar-refractivity contribution in [1.29, 1.82) is 0 Å². The van der Waals surface area contributed by atoms with E-state index < -0.39 is 0 Å². The molecule has 2 aliphatic rings. The summed E-state index contributed by atoms with van der Waals surface area (Å²) in [4.78, 5) is 16.3. The summed E-state index contributed by atoms with van der Waals surface area (Å²) in [6, 6.07) is 9.08. The third-order valence-electron chi connectivity index (χ3n) is 5.01. The molecule has 148 valence electrons. The summed E-state index contributed by atoms with van der Waals surface area (Å²) in [5.41, 5.74) is 1.66. The molecule has 1 aromatic heterocycles. The number of aromatic hydroxyl groups is 1. The van der Waals surface area contributed by atoms with Gasteiger partial charge in [-0.25, -0.2) is 5.01 Å². The van der Waals surface area contributed by atoms with Crippen LogP contribution in [-0.4, -0.2) is 66.6 Å². The topological polar surface area (TPSA) is 74.6 Å². The van der Waals surface area contributed by atoms with Crippen LogP contribution in [0.15, 0.2) is 40.8 Å². The number of phenols is 1. The van der Waals surface area contributed by atoms with Crippen LogP contribution in [0, 0.1) is 0 Å². The number of rotatable bonds is 5. The molecule has 7 nitrogen and oxygen atoms in total. The van der Waals surface area contributed by atoms with Crippen molar-refractivity contribution in [3.63, 3.8) is 0 Å². The first kappa shape index (κ1) is 18.9. The van der Waals surface area contributed by atoms with Crippen LogP contribution in [0.1, 0.15) is 22.9 Å². The first-order chi connectivity index (χ1) is 13.7. The Hall–Kier alpha value is -2.42. The van der Waals surface area contributed by atoms with Gasteiger partial charge in [-0.1, -0.05) is 6.07 Å². The second kappa shape index (κ2) is 8.30. The normalized spacial score (nSPS) is 20.2. The SMILES string of the molecule is COc1cc(C2=NN(C(=O)CN3CCOCC3)[C@H](c3cccs3)C2)ccc1O. The van der Waals surface area contributed by atoms with E-state index >= 15 is 0 Å². The highest BCUT2D eigenvalue weighted by molar-refractivity contribution is 7.10. The zero-order chi connectivity index (χ0) is 19.5. The van der Waals surface area contributed by atoms with E-state index in [4.69, 9.17) is 9.47 Å². The molecule has 0 unspecified atom stereocenters. The first-order valence-corrected chi connectivity index (χ1v) is 10.1. The standard InChI is InChI=1S/C20H23N3O4S/c1-26-18-11-14(4-5-17(18)24)15-12-16(19-3-2-10-28-19)23(21-15)20(25)13-22-6-8-27-9-7-22/h2-5,10-11,16,24H,6-9,12-13H2,1H3/t16-/m0/s1. The Labute approximate surface area is 167 Å². The fourth-order valence-electron chi connectivity index (χ4n) is 3.50. The number of benzene rings is 1. The predicted molar refractivity (Wildman–Crippen MR) is 107 cm³/mol.